The molecule has 168 valence electrons. The molecular weight excluding hydrogens is 374 g/mol. The molecule has 1 aliphatic rings. The fraction of sp³-hybridized carbons (Fsp3) is 0.773. The first-order valence-corrected chi connectivity index (χ1v) is 10.9. The van der Waals surface area contributed by atoms with Crippen LogP contribution < -0.4 is 5.32 Å². The van der Waals surface area contributed by atoms with E-state index in [4.69, 9.17) is 9.84 Å². The second kappa shape index (κ2) is 15.6. The first-order chi connectivity index (χ1) is 14.0. The Morgan fingerprint density at radius 3 is 2.76 bits per heavy atom. The predicted molar refractivity (Wildman–Crippen MR) is 112 cm³/mol. The quantitative estimate of drug-likeness (QED) is 0.219. The lowest BCUT2D eigenvalue weighted by atomic mass is 9.87. The minimum absolute atomic E-state index is 0.0580. The molecule has 1 rings (SSSR count). The van der Waals surface area contributed by atoms with Gasteiger partial charge in [-0.1, -0.05) is 50.5 Å². The number of aliphatic hydroxyl groups is 4. The maximum Gasteiger partial charge on any atom is 0.220 e. The van der Waals surface area contributed by atoms with E-state index in [1.807, 2.05) is 12.2 Å². The van der Waals surface area contributed by atoms with E-state index in [-0.39, 0.29) is 31.4 Å². The number of carbonyl (C=O) groups excluding carboxylic acids is 1. The highest BCUT2D eigenvalue weighted by Crippen LogP contribution is 2.29. The number of ether oxygens (including phenoxy) is 1. The standard InChI is InChI=1S/C22H39NO6/c1-2-3-6-9-17(25)12-13-20-18(19(26)16-22(28)29-20)10-7-4-5-8-11-21(27)23-14-15-24/h4,7,12-13,17-20,22,24-26,28H,2-3,5-6,8-11,14-16H2,1H3,(H,23,27)/b7-4-,13-12+/t17-,18-,19-,20+,22?/m0/s1. The Morgan fingerprint density at radius 1 is 1.24 bits per heavy atom. The highest BCUT2D eigenvalue weighted by molar-refractivity contribution is 5.75. The molecule has 5 N–H and O–H groups in total. The molecule has 0 aromatic rings. The van der Waals surface area contributed by atoms with Crippen LogP contribution in [0.3, 0.4) is 0 Å². The van der Waals surface area contributed by atoms with Gasteiger partial charge in [0.1, 0.15) is 0 Å². The Kier molecular flexibility index (Phi) is 13.8. The molecule has 0 bridgehead atoms. The van der Waals surface area contributed by atoms with Crippen LogP contribution in [-0.2, 0) is 9.53 Å². The van der Waals surface area contributed by atoms with Crippen molar-refractivity contribution in [3.8, 4) is 0 Å². The lowest BCUT2D eigenvalue weighted by Crippen LogP contribution is -2.43. The van der Waals surface area contributed by atoms with Crippen molar-refractivity contribution in [2.24, 2.45) is 5.92 Å². The second-order valence-corrected chi connectivity index (χ2v) is 7.64. The van der Waals surface area contributed by atoms with Gasteiger partial charge < -0.3 is 30.5 Å². The number of hydrogen-bond donors (Lipinski definition) is 5. The van der Waals surface area contributed by atoms with Crippen molar-refractivity contribution in [2.45, 2.75) is 89.3 Å². The first-order valence-electron chi connectivity index (χ1n) is 10.9. The Hall–Kier alpha value is -1.25. The summed E-state index contributed by atoms with van der Waals surface area (Å²) in [5, 5.41) is 41.5. The van der Waals surface area contributed by atoms with Crippen LogP contribution in [0.5, 0.6) is 0 Å². The highest BCUT2D eigenvalue weighted by atomic mass is 16.6. The van der Waals surface area contributed by atoms with E-state index >= 15 is 0 Å². The molecule has 29 heavy (non-hydrogen) atoms. The van der Waals surface area contributed by atoms with Gasteiger partial charge in [0.15, 0.2) is 6.29 Å². The minimum atomic E-state index is -1.01. The second-order valence-electron chi connectivity index (χ2n) is 7.64. The van der Waals surface area contributed by atoms with Gasteiger partial charge in [0, 0.05) is 25.3 Å². The fourth-order valence-electron chi connectivity index (χ4n) is 3.39. The van der Waals surface area contributed by atoms with Crippen LogP contribution in [0.2, 0.25) is 0 Å². The van der Waals surface area contributed by atoms with E-state index in [0.717, 1.165) is 25.7 Å². The number of carbonyl (C=O) groups is 1. The van der Waals surface area contributed by atoms with E-state index in [1.165, 1.54) is 0 Å². The lowest BCUT2D eigenvalue weighted by molar-refractivity contribution is -0.199. The SMILES string of the molecule is CCCCC[C@H](O)/C=C/[C@H]1OC(O)C[C@H](O)[C@@H]1C/C=C\CCCC(=O)NCCO. The smallest absolute Gasteiger partial charge is 0.220 e. The van der Waals surface area contributed by atoms with E-state index in [0.29, 0.717) is 25.7 Å². The molecule has 1 unspecified atom stereocenters. The normalized spacial score (nSPS) is 26.2. The molecular formula is C22H39NO6. The number of rotatable bonds is 14. The summed E-state index contributed by atoms with van der Waals surface area (Å²) in [6, 6.07) is 0. The topological polar surface area (TPSA) is 119 Å². The molecule has 0 spiro atoms. The zero-order valence-corrected chi connectivity index (χ0v) is 17.6. The number of nitrogens with one attached hydrogen (secondary N) is 1. The van der Waals surface area contributed by atoms with Crippen molar-refractivity contribution in [1.29, 1.82) is 0 Å². The van der Waals surface area contributed by atoms with Gasteiger partial charge in [0.2, 0.25) is 5.91 Å². The summed E-state index contributed by atoms with van der Waals surface area (Å²) in [5.41, 5.74) is 0. The molecule has 7 nitrogen and oxygen atoms in total. The molecule has 1 heterocycles. The van der Waals surface area contributed by atoms with Crippen LogP contribution >= 0.6 is 0 Å². The maximum absolute atomic E-state index is 11.5. The molecule has 1 aliphatic heterocycles. The lowest BCUT2D eigenvalue weighted by Gasteiger charge is -2.36. The fourth-order valence-corrected chi connectivity index (χ4v) is 3.39. The molecule has 0 aromatic heterocycles. The average molecular weight is 414 g/mol. The van der Waals surface area contributed by atoms with Gasteiger partial charge in [-0.2, -0.15) is 0 Å². The Labute approximate surface area is 174 Å². The van der Waals surface area contributed by atoms with Crippen molar-refractivity contribution >= 4 is 5.91 Å². The molecule has 7 heteroatoms. The molecule has 1 fully saturated rings. The van der Waals surface area contributed by atoms with E-state index in [1.54, 1.807) is 12.2 Å². The number of hydrogen-bond acceptors (Lipinski definition) is 6. The van der Waals surface area contributed by atoms with E-state index in [2.05, 4.69) is 12.2 Å². The summed E-state index contributed by atoms with van der Waals surface area (Å²) in [7, 11) is 0. The van der Waals surface area contributed by atoms with Gasteiger partial charge in [0.25, 0.3) is 0 Å². The summed E-state index contributed by atoms with van der Waals surface area (Å²) in [6.45, 7) is 2.34. The van der Waals surface area contributed by atoms with Crippen LogP contribution in [0.4, 0.5) is 0 Å². The molecule has 0 radical (unpaired) electrons. The maximum atomic E-state index is 11.5. The summed E-state index contributed by atoms with van der Waals surface area (Å²) in [5.74, 6) is -0.262. The van der Waals surface area contributed by atoms with Gasteiger partial charge in [-0.3, -0.25) is 4.79 Å². The summed E-state index contributed by atoms with van der Waals surface area (Å²) in [4.78, 5) is 11.5. The molecule has 0 aromatic carbocycles. The van der Waals surface area contributed by atoms with Gasteiger partial charge in [-0.05, 0) is 25.7 Å². The Bertz CT molecular complexity index is 496. The van der Waals surface area contributed by atoms with Crippen LogP contribution in [0.1, 0.15) is 64.7 Å². The number of unbranched alkanes of at least 4 members (excludes halogenated alkanes) is 3. The predicted octanol–water partition coefficient (Wildman–Crippen LogP) is 1.79. The van der Waals surface area contributed by atoms with Crippen LogP contribution in [0, 0.1) is 5.92 Å². The minimum Gasteiger partial charge on any atom is -0.395 e. The van der Waals surface area contributed by atoms with Crippen LogP contribution in [-0.4, -0.2) is 64.1 Å². The van der Waals surface area contributed by atoms with Crippen molar-refractivity contribution < 1.29 is 30.0 Å². The van der Waals surface area contributed by atoms with E-state index < -0.39 is 24.6 Å². The Morgan fingerprint density at radius 2 is 2.03 bits per heavy atom. The van der Waals surface area contributed by atoms with Crippen molar-refractivity contribution in [2.75, 3.05) is 13.2 Å². The third-order valence-corrected chi connectivity index (χ3v) is 5.08. The summed E-state index contributed by atoms with van der Waals surface area (Å²) >= 11 is 0. The van der Waals surface area contributed by atoms with Crippen molar-refractivity contribution in [1.82, 2.24) is 5.32 Å². The summed E-state index contributed by atoms with van der Waals surface area (Å²) < 4.78 is 5.58. The van der Waals surface area contributed by atoms with Gasteiger partial charge in [0.05, 0.1) is 24.9 Å². The molecule has 1 saturated heterocycles. The number of aliphatic hydroxyl groups excluding tert-OH is 4. The average Bonchev–Trinajstić information content (AvgIpc) is 2.68. The third kappa shape index (κ3) is 11.5. The van der Waals surface area contributed by atoms with Gasteiger partial charge in [-0.25, -0.2) is 0 Å². The van der Waals surface area contributed by atoms with Gasteiger partial charge >= 0.3 is 0 Å². The van der Waals surface area contributed by atoms with Gasteiger partial charge in [-0.15, -0.1) is 0 Å². The van der Waals surface area contributed by atoms with Crippen LogP contribution in [0.15, 0.2) is 24.3 Å². The highest BCUT2D eigenvalue weighted by Gasteiger charge is 2.35. The largest absolute Gasteiger partial charge is 0.395 e. The third-order valence-electron chi connectivity index (χ3n) is 5.08. The molecule has 0 aliphatic carbocycles. The first kappa shape index (κ1) is 25.8. The zero-order chi connectivity index (χ0) is 21.5. The number of allylic oxidation sites excluding steroid dienone is 2. The Balaban J connectivity index is 2.45. The molecule has 1 amide bonds. The van der Waals surface area contributed by atoms with Crippen LogP contribution in [0.25, 0.3) is 0 Å². The van der Waals surface area contributed by atoms with Crippen molar-refractivity contribution in [3.63, 3.8) is 0 Å². The molecule has 5 atom stereocenters. The van der Waals surface area contributed by atoms with E-state index in [9.17, 15) is 20.1 Å². The monoisotopic (exact) mass is 413 g/mol. The molecule has 0 saturated carbocycles. The zero-order valence-electron chi connectivity index (χ0n) is 17.6. The summed E-state index contributed by atoms with van der Waals surface area (Å²) in [6.07, 6.45) is 11.2. The number of amides is 1. The van der Waals surface area contributed by atoms with Crippen molar-refractivity contribution in [3.05, 3.63) is 24.3 Å².